The molecule has 2 aromatic heterocycles. The van der Waals surface area contributed by atoms with E-state index >= 15 is 0 Å². The summed E-state index contributed by atoms with van der Waals surface area (Å²) in [5.74, 6) is -1.02. The summed E-state index contributed by atoms with van der Waals surface area (Å²) in [5.41, 5.74) is 0.721. The maximum absolute atomic E-state index is 14.9. The average Bonchev–Trinajstić information content (AvgIpc) is 3.46. The number of benzene rings is 1. The molecule has 1 N–H and O–H groups in total. The van der Waals surface area contributed by atoms with Crippen LogP contribution in [-0.2, 0) is 16.1 Å². The minimum Gasteiger partial charge on any atom is -0.468 e. The Morgan fingerprint density at radius 3 is 2.84 bits per heavy atom. The molecule has 3 aromatic rings. The van der Waals surface area contributed by atoms with Crippen LogP contribution >= 0.6 is 0 Å². The Morgan fingerprint density at radius 2 is 2.14 bits per heavy atom. The van der Waals surface area contributed by atoms with Crippen LogP contribution in [0.3, 0.4) is 0 Å². The molecule has 1 fully saturated rings. The molecule has 2 aliphatic heterocycles. The predicted octanol–water partition coefficient (Wildman–Crippen LogP) is 1.69. The van der Waals surface area contributed by atoms with Crippen LogP contribution in [0.4, 0.5) is 20.7 Å². The van der Waals surface area contributed by atoms with E-state index < -0.39 is 29.0 Å². The number of carbonyl (C=O) groups excluding carboxylic acids is 2. The Bertz CT molecular complexity index is 1360. The molecular formula is C22H20FN7O7. The van der Waals surface area contributed by atoms with Gasteiger partial charge in [0.2, 0.25) is 11.8 Å². The quantitative estimate of drug-likeness (QED) is 0.363. The van der Waals surface area contributed by atoms with Crippen molar-refractivity contribution in [2.75, 3.05) is 24.6 Å². The largest absolute Gasteiger partial charge is 0.468 e. The van der Waals surface area contributed by atoms with Gasteiger partial charge in [0.25, 0.3) is 0 Å². The van der Waals surface area contributed by atoms with Crippen LogP contribution < -0.4 is 19.7 Å². The number of imidazole rings is 1. The molecule has 14 nitrogen and oxygen atoms in total. The number of hydrogen-bond donors (Lipinski definition) is 1. The van der Waals surface area contributed by atoms with Gasteiger partial charge in [-0.1, -0.05) is 0 Å². The van der Waals surface area contributed by atoms with Gasteiger partial charge in [-0.25, -0.2) is 9.18 Å². The zero-order valence-electron chi connectivity index (χ0n) is 19.4. The van der Waals surface area contributed by atoms with E-state index in [-0.39, 0.29) is 61.1 Å². The highest BCUT2D eigenvalue weighted by atomic mass is 19.1. The standard InChI is InChI=1S/C22H20FN7O7/c1-12(31)24-7-14-9-29(22(32)37-14)13-2-3-16(17(23)6-13)18-4-5-20(27-26-18)36-15-8-28-10-19(30(33)34)25-21(28)35-11-15/h2-6,10,14-15H,7-9,11H2,1H3,(H,24,31)/t14-,15-/m0/s1. The van der Waals surface area contributed by atoms with Gasteiger partial charge in [-0.05, 0) is 29.2 Å². The lowest BCUT2D eigenvalue weighted by Crippen LogP contribution is -2.34. The fourth-order valence-corrected chi connectivity index (χ4v) is 3.90. The number of hydrogen-bond acceptors (Lipinski definition) is 10. The summed E-state index contributed by atoms with van der Waals surface area (Å²) in [4.78, 5) is 38.6. The zero-order chi connectivity index (χ0) is 26.1. The lowest BCUT2D eigenvalue weighted by atomic mass is 10.1. The molecule has 0 saturated carbocycles. The minimum absolute atomic E-state index is 0.109. The fourth-order valence-electron chi connectivity index (χ4n) is 3.90. The van der Waals surface area contributed by atoms with E-state index in [9.17, 15) is 24.1 Å². The SMILES string of the molecule is CC(=O)NC[C@H]1CN(c2ccc(-c3ccc(O[C@@H]4COc5nc([N+](=O)[O-])cn5C4)nn3)c(F)c2)C(=O)O1. The monoisotopic (exact) mass is 513 g/mol. The molecule has 0 bridgehead atoms. The van der Waals surface area contributed by atoms with E-state index in [1.54, 1.807) is 6.07 Å². The first-order valence-electron chi connectivity index (χ1n) is 11.1. The van der Waals surface area contributed by atoms with Gasteiger partial charge < -0.3 is 29.6 Å². The Labute approximate surface area is 208 Å². The van der Waals surface area contributed by atoms with Crippen molar-refractivity contribution in [2.24, 2.45) is 0 Å². The van der Waals surface area contributed by atoms with E-state index in [2.05, 4.69) is 20.5 Å². The highest BCUT2D eigenvalue weighted by Crippen LogP contribution is 2.29. The van der Waals surface area contributed by atoms with Gasteiger partial charge in [0.1, 0.15) is 24.7 Å². The maximum Gasteiger partial charge on any atom is 0.414 e. The average molecular weight is 513 g/mol. The molecule has 0 unspecified atom stereocenters. The third-order valence-electron chi connectivity index (χ3n) is 5.63. The van der Waals surface area contributed by atoms with E-state index in [1.807, 2.05) is 0 Å². The van der Waals surface area contributed by atoms with E-state index in [0.29, 0.717) is 5.69 Å². The van der Waals surface area contributed by atoms with Crippen LogP contribution in [-0.4, -0.2) is 68.6 Å². The van der Waals surface area contributed by atoms with Crippen molar-refractivity contribution in [1.29, 1.82) is 0 Å². The molecule has 1 aromatic carbocycles. The van der Waals surface area contributed by atoms with Gasteiger partial charge in [0.15, 0.2) is 6.10 Å². The van der Waals surface area contributed by atoms with Crippen molar-refractivity contribution in [1.82, 2.24) is 25.1 Å². The van der Waals surface area contributed by atoms with Crippen LogP contribution in [0.2, 0.25) is 0 Å². The Balaban J connectivity index is 1.23. The summed E-state index contributed by atoms with van der Waals surface area (Å²) < 4.78 is 32.8. The molecule has 1 saturated heterocycles. The Morgan fingerprint density at radius 1 is 1.30 bits per heavy atom. The summed E-state index contributed by atoms with van der Waals surface area (Å²) >= 11 is 0. The number of halogens is 1. The Hall–Kier alpha value is -4.82. The van der Waals surface area contributed by atoms with Gasteiger partial charge in [0.05, 0.1) is 31.0 Å². The molecule has 0 spiro atoms. The van der Waals surface area contributed by atoms with Crippen LogP contribution in [0.15, 0.2) is 36.5 Å². The van der Waals surface area contributed by atoms with Gasteiger partial charge >= 0.3 is 17.9 Å². The third kappa shape index (κ3) is 5.10. The molecule has 4 heterocycles. The van der Waals surface area contributed by atoms with Crippen molar-refractivity contribution >= 4 is 23.5 Å². The van der Waals surface area contributed by atoms with Crippen molar-refractivity contribution < 1.29 is 33.1 Å². The first-order chi connectivity index (χ1) is 17.8. The lowest BCUT2D eigenvalue weighted by Gasteiger charge is -2.22. The number of ether oxygens (including phenoxy) is 3. The number of fused-ring (bicyclic) bond motifs is 1. The number of anilines is 1. The number of nitro groups is 1. The summed E-state index contributed by atoms with van der Waals surface area (Å²) in [7, 11) is 0. The first-order valence-corrected chi connectivity index (χ1v) is 11.1. The summed E-state index contributed by atoms with van der Waals surface area (Å²) in [5, 5.41) is 21.5. The van der Waals surface area contributed by atoms with Crippen molar-refractivity contribution in [2.45, 2.75) is 25.7 Å². The summed E-state index contributed by atoms with van der Waals surface area (Å²) in [6.45, 7) is 2.07. The second kappa shape index (κ2) is 9.67. The van der Waals surface area contributed by atoms with Gasteiger partial charge in [-0.15, -0.1) is 10.2 Å². The van der Waals surface area contributed by atoms with Gasteiger partial charge in [0, 0.05) is 23.5 Å². The van der Waals surface area contributed by atoms with Crippen molar-refractivity contribution in [3.63, 3.8) is 0 Å². The highest BCUT2D eigenvalue weighted by Gasteiger charge is 2.33. The van der Waals surface area contributed by atoms with Crippen LogP contribution in [0.25, 0.3) is 11.3 Å². The van der Waals surface area contributed by atoms with Gasteiger partial charge in [-0.3, -0.25) is 14.3 Å². The molecule has 2 atom stereocenters. The number of aromatic nitrogens is 4. The topological polar surface area (TPSA) is 164 Å². The van der Waals surface area contributed by atoms with Crippen LogP contribution in [0, 0.1) is 15.9 Å². The molecule has 2 aliphatic rings. The highest BCUT2D eigenvalue weighted by molar-refractivity contribution is 5.90. The van der Waals surface area contributed by atoms with Gasteiger partial charge in [-0.2, -0.15) is 0 Å². The smallest absolute Gasteiger partial charge is 0.414 e. The van der Waals surface area contributed by atoms with Crippen LogP contribution in [0.1, 0.15) is 6.92 Å². The second-order valence-electron chi connectivity index (χ2n) is 8.32. The van der Waals surface area contributed by atoms with Crippen molar-refractivity contribution in [3.05, 3.63) is 52.5 Å². The molecule has 5 rings (SSSR count). The molecule has 0 aliphatic carbocycles. The number of nitrogens with zero attached hydrogens (tertiary/aromatic N) is 6. The molecular weight excluding hydrogens is 493 g/mol. The predicted molar refractivity (Wildman–Crippen MR) is 123 cm³/mol. The van der Waals surface area contributed by atoms with E-state index in [1.165, 1.54) is 46.9 Å². The van der Waals surface area contributed by atoms with Crippen molar-refractivity contribution in [3.8, 4) is 23.1 Å². The number of nitrogens with one attached hydrogen (secondary N) is 1. The number of cyclic esters (lactones) is 1. The molecule has 2 amide bonds. The maximum atomic E-state index is 14.9. The third-order valence-corrected chi connectivity index (χ3v) is 5.63. The minimum atomic E-state index is -0.632. The Kier molecular flexibility index (Phi) is 6.25. The van der Waals surface area contributed by atoms with E-state index in [0.717, 1.165) is 0 Å². The number of amides is 2. The molecule has 37 heavy (non-hydrogen) atoms. The second-order valence-corrected chi connectivity index (χ2v) is 8.32. The van der Waals surface area contributed by atoms with Crippen LogP contribution in [0.5, 0.6) is 11.9 Å². The summed E-state index contributed by atoms with van der Waals surface area (Å²) in [6, 6.07) is 7.43. The lowest BCUT2D eigenvalue weighted by molar-refractivity contribution is -0.389. The normalized spacial score (nSPS) is 18.5. The molecule has 0 radical (unpaired) electrons. The first kappa shape index (κ1) is 23.9. The number of carbonyl (C=O) groups is 2. The zero-order valence-corrected chi connectivity index (χ0v) is 19.4. The van der Waals surface area contributed by atoms with E-state index in [4.69, 9.17) is 14.2 Å². The molecule has 15 heteroatoms. The fraction of sp³-hybridized carbons (Fsp3) is 0.318. The summed E-state index contributed by atoms with van der Waals surface area (Å²) in [6.07, 6.45) is -0.403. The number of rotatable bonds is 7. The molecule has 192 valence electrons.